The number of para-hydroxylation sites is 1. The van der Waals surface area contributed by atoms with E-state index >= 15 is 0 Å². The molecule has 0 saturated heterocycles. The summed E-state index contributed by atoms with van der Waals surface area (Å²) in [6.07, 6.45) is 7.80. The molecule has 3 aromatic carbocycles. The Balaban J connectivity index is 1.84. The number of anilines is 2. The van der Waals surface area contributed by atoms with Gasteiger partial charge in [-0.3, -0.25) is 0 Å². The minimum Gasteiger partial charge on any atom is -0.384 e. The third-order valence-electron chi connectivity index (χ3n) is 5.41. The number of nitriles is 1. The van der Waals surface area contributed by atoms with Crippen molar-refractivity contribution in [3.63, 3.8) is 0 Å². The largest absolute Gasteiger partial charge is 0.384 e. The molecule has 162 valence electrons. The van der Waals surface area contributed by atoms with Gasteiger partial charge in [-0.1, -0.05) is 68.5 Å². The quantitative estimate of drug-likeness (QED) is 0.167. The Morgan fingerprint density at radius 1 is 1.03 bits per heavy atom. The molecule has 0 fully saturated rings. The first-order valence-electron chi connectivity index (χ1n) is 10.8. The van der Waals surface area contributed by atoms with Crippen LogP contribution in [0.5, 0.6) is 0 Å². The standard InChI is InChI=1S/C28H29N3O/c1-28(2,17-8-10-22(20-29)21-31-24-12-4-3-5-13-24)27-25-14-7-6-11-23(25)15-16-26(27)30-18-9-19-32/h3-8,10-16,19,21,30-31H,9,17-18H2,1-2H3/b10-8+,22-21-. The van der Waals surface area contributed by atoms with Crippen molar-refractivity contribution in [1.82, 2.24) is 0 Å². The SMILES string of the molecule is CC(C)(C/C=C/C(C#N)=C/Nc1ccccc1)c1c(NCCC=O)ccc2ccccc12. The number of rotatable bonds is 10. The first kappa shape index (κ1) is 22.8. The first-order chi connectivity index (χ1) is 15.5. The minimum atomic E-state index is -0.186. The molecule has 0 heterocycles. The Bertz CT molecular complexity index is 1150. The number of allylic oxidation sites excluding steroid dienone is 3. The maximum atomic E-state index is 10.8. The van der Waals surface area contributed by atoms with E-state index in [0.29, 0.717) is 18.5 Å². The molecular weight excluding hydrogens is 394 g/mol. The molecule has 0 aromatic heterocycles. The molecule has 4 nitrogen and oxygen atoms in total. The van der Waals surface area contributed by atoms with Crippen LogP contribution in [0.3, 0.4) is 0 Å². The fourth-order valence-electron chi connectivity index (χ4n) is 3.81. The molecule has 2 N–H and O–H groups in total. The highest BCUT2D eigenvalue weighted by Crippen LogP contribution is 2.39. The predicted molar refractivity (Wildman–Crippen MR) is 134 cm³/mol. The van der Waals surface area contributed by atoms with Gasteiger partial charge in [-0.05, 0) is 52.4 Å². The number of fused-ring (bicyclic) bond motifs is 1. The van der Waals surface area contributed by atoms with E-state index in [-0.39, 0.29) is 5.41 Å². The molecule has 32 heavy (non-hydrogen) atoms. The summed E-state index contributed by atoms with van der Waals surface area (Å²) in [7, 11) is 0. The third kappa shape index (κ3) is 5.86. The normalized spacial score (nSPS) is 12.0. The second kappa shape index (κ2) is 11.0. The van der Waals surface area contributed by atoms with Crippen molar-refractivity contribution < 1.29 is 4.79 Å². The Labute approximate surface area is 190 Å². The highest BCUT2D eigenvalue weighted by atomic mass is 16.1. The summed E-state index contributed by atoms with van der Waals surface area (Å²) < 4.78 is 0. The molecule has 3 rings (SSSR count). The van der Waals surface area contributed by atoms with Gasteiger partial charge in [-0.15, -0.1) is 0 Å². The van der Waals surface area contributed by atoms with Gasteiger partial charge in [-0.25, -0.2) is 0 Å². The van der Waals surface area contributed by atoms with Crippen molar-refractivity contribution in [3.05, 3.63) is 96.2 Å². The molecule has 0 saturated carbocycles. The molecule has 0 atom stereocenters. The maximum absolute atomic E-state index is 10.8. The van der Waals surface area contributed by atoms with Crippen LogP contribution in [-0.2, 0) is 10.2 Å². The Morgan fingerprint density at radius 2 is 1.78 bits per heavy atom. The zero-order valence-corrected chi connectivity index (χ0v) is 18.6. The molecule has 0 aliphatic heterocycles. The lowest BCUT2D eigenvalue weighted by Crippen LogP contribution is -2.19. The van der Waals surface area contributed by atoms with Gasteiger partial charge < -0.3 is 15.4 Å². The van der Waals surface area contributed by atoms with Gasteiger partial charge in [-0.2, -0.15) is 5.26 Å². The van der Waals surface area contributed by atoms with Crippen LogP contribution >= 0.6 is 0 Å². The molecule has 0 spiro atoms. The van der Waals surface area contributed by atoms with E-state index in [4.69, 9.17) is 0 Å². The molecule has 0 aliphatic rings. The van der Waals surface area contributed by atoms with Crippen LogP contribution in [0.15, 0.2) is 90.7 Å². The highest BCUT2D eigenvalue weighted by molar-refractivity contribution is 5.91. The molecule has 4 heteroatoms. The van der Waals surface area contributed by atoms with Gasteiger partial charge in [0.25, 0.3) is 0 Å². The number of hydrogen-bond acceptors (Lipinski definition) is 4. The van der Waals surface area contributed by atoms with E-state index in [1.165, 1.54) is 16.3 Å². The fraction of sp³-hybridized carbons (Fsp3) is 0.214. The molecule has 0 unspecified atom stereocenters. The molecule has 0 aliphatic carbocycles. The first-order valence-corrected chi connectivity index (χ1v) is 10.8. The molecular formula is C28H29N3O. The lowest BCUT2D eigenvalue weighted by atomic mass is 9.78. The second-order valence-electron chi connectivity index (χ2n) is 8.30. The smallest absolute Gasteiger partial charge is 0.121 e. The second-order valence-corrected chi connectivity index (χ2v) is 8.30. The number of nitrogens with one attached hydrogen (secondary N) is 2. The number of benzene rings is 3. The third-order valence-corrected chi connectivity index (χ3v) is 5.41. The van der Waals surface area contributed by atoms with Gasteiger partial charge in [0.2, 0.25) is 0 Å². The van der Waals surface area contributed by atoms with Crippen molar-refractivity contribution in [3.8, 4) is 6.07 Å². The molecule has 0 bridgehead atoms. The summed E-state index contributed by atoms with van der Waals surface area (Å²) in [5.41, 5.74) is 3.58. The summed E-state index contributed by atoms with van der Waals surface area (Å²) in [4.78, 5) is 10.8. The van der Waals surface area contributed by atoms with Crippen molar-refractivity contribution in [1.29, 1.82) is 5.26 Å². The molecule has 3 aromatic rings. The maximum Gasteiger partial charge on any atom is 0.121 e. The van der Waals surface area contributed by atoms with Crippen LogP contribution in [0.1, 0.15) is 32.3 Å². The lowest BCUT2D eigenvalue weighted by Gasteiger charge is -2.29. The van der Waals surface area contributed by atoms with Gasteiger partial charge in [0.05, 0.1) is 5.57 Å². The van der Waals surface area contributed by atoms with Gasteiger partial charge >= 0.3 is 0 Å². The van der Waals surface area contributed by atoms with Crippen LogP contribution in [-0.4, -0.2) is 12.8 Å². The van der Waals surface area contributed by atoms with Crippen LogP contribution < -0.4 is 10.6 Å². The number of nitrogens with zero attached hydrogens (tertiary/aromatic N) is 1. The van der Waals surface area contributed by atoms with Crippen LogP contribution in [0, 0.1) is 11.3 Å². The van der Waals surface area contributed by atoms with E-state index in [1.807, 2.05) is 42.5 Å². The number of aldehydes is 1. The zero-order chi connectivity index (χ0) is 22.8. The summed E-state index contributed by atoms with van der Waals surface area (Å²) in [5, 5.41) is 18.5. The minimum absolute atomic E-state index is 0.186. The van der Waals surface area contributed by atoms with E-state index in [1.54, 1.807) is 6.20 Å². The molecule has 0 amide bonds. The lowest BCUT2D eigenvalue weighted by molar-refractivity contribution is -0.107. The Hall–Kier alpha value is -3.84. The highest BCUT2D eigenvalue weighted by Gasteiger charge is 2.25. The van der Waals surface area contributed by atoms with Crippen LogP contribution in [0.4, 0.5) is 11.4 Å². The summed E-state index contributed by atoms with van der Waals surface area (Å²) in [6.45, 7) is 5.03. The number of hydrogen-bond donors (Lipinski definition) is 2. The van der Waals surface area contributed by atoms with Crippen molar-refractivity contribution in [2.75, 3.05) is 17.2 Å². The van der Waals surface area contributed by atoms with Crippen molar-refractivity contribution >= 4 is 28.4 Å². The van der Waals surface area contributed by atoms with E-state index < -0.39 is 0 Å². The predicted octanol–water partition coefficient (Wildman–Crippen LogP) is 6.58. The van der Waals surface area contributed by atoms with Crippen LogP contribution in [0.25, 0.3) is 10.8 Å². The summed E-state index contributed by atoms with van der Waals surface area (Å²) in [6, 6.07) is 24.6. The zero-order valence-electron chi connectivity index (χ0n) is 18.6. The fourth-order valence-corrected chi connectivity index (χ4v) is 3.81. The van der Waals surface area contributed by atoms with E-state index in [2.05, 4.69) is 67.0 Å². The Morgan fingerprint density at radius 3 is 2.53 bits per heavy atom. The van der Waals surface area contributed by atoms with E-state index in [0.717, 1.165) is 24.1 Å². The monoisotopic (exact) mass is 423 g/mol. The Kier molecular flexibility index (Phi) is 7.83. The topological polar surface area (TPSA) is 64.9 Å². The molecule has 0 radical (unpaired) electrons. The van der Waals surface area contributed by atoms with E-state index in [9.17, 15) is 10.1 Å². The average Bonchev–Trinajstić information content (AvgIpc) is 2.81. The van der Waals surface area contributed by atoms with Gasteiger partial charge in [0.1, 0.15) is 12.4 Å². The van der Waals surface area contributed by atoms with Crippen molar-refractivity contribution in [2.24, 2.45) is 0 Å². The van der Waals surface area contributed by atoms with Crippen molar-refractivity contribution in [2.45, 2.75) is 32.1 Å². The van der Waals surface area contributed by atoms with Gasteiger partial charge in [0, 0.05) is 30.5 Å². The summed E-state index contributed by atoms with van der Waals surface area (Å²) in [5.74, 6) is 0. The van der Waals surface area contributed by atoms with Crippen LogP contribution in [0.2, 0.25) is 0 Å². The summed E-state index contributed by atoms with van der Waals surface area (Å²) >= 11 is 0. The van der Waals surface area contributed by atoms with Gasteiger partial charge in [0.15, 0.2) is 0 Å². The average molecular weight is 424 g/mol. The number of carbonyl (C=O) groups is 1. The number of carbonyl (C=O) groups excluding carboxylic acids is 1.